The molecule has 66 valence electrons. The summed E-state index contributed by atoms with van der Waals surface area (Å²) >= 11 is 3.89. The van der Waals surface area contributed by atoms with E-state index in [1.54, 1.807) is 0 Å². The molecule has 7 atom stereocenters. The molecule has 4 fully saturated rings. The summed E-state index contributed by atoms with van der Waals surface area (Å²) in [4.78, 5) is 0. The molecule has 4 aliphatic rings. The van der Waals surface area contributed by atoms with E-state index in [-0.39, 0.29) is 0 Å². The van der Waals surface area contributed by atoms with Gasteiger partial charge >= 0.3 is 0 Å². The summed E-state index contributed by atoms with van der Waals surface area (Å²) < 4.78 is 5.70. The van der Waals surface area contributed by atoms with Gasteiger partial charge in [0.25, 0.3) is 0 Å². The average molecular weight is 183 g/mol. The van der Waals surface area contributed by atoms with Crippen molar-refractivity contribution in [2.45, 2.75) is 36.7 Å². The molecule has 3 aliphatic carbocycles. The highest BCUT2D eigenvalue weighted by Gasteiger charge is 2.70. The van der Waals surface area contributed by atoms with Crippen molar-refractivity contribution in [2.75, 3.05) is 0 Å². The van der Waals surface area contributed by atoms with Gasteiger partial charge < -0.3 is 4.74 Å². The number of fused-ring (bicyclic) bond motifs is 8. The van der Waals surface area contributed by atoms with E-state index in [0.29, 0.717) is 12.2 Å². The van der Waals surface area contributed by atoms with Gasteiger partial charge in [0.2, 0.25) is 0 Å². The van der Waals surface area contributed by atoms with Crippen molar-refractivity contribution in [3.05, 3.63) is 0 Å². The van der Waals surface area contributed by atoms with Crippen LogP contribution in [0.3, 0.4) is 0 Å². The van der Waals surface area contributed by atoms with Gasteiger partial charge in [-0.3, -0.25) is 0 Å². The minimum absolute atomic E-state index is 0.702. The molecule has 0 N–H and O–H groups in total. The maximum Gasteiger partial charge on any atom is 0.117 e. The molecule has 0 aromatic rings. The number of ether oxygens (including phenoxy) is 1. The summed E-state index contributed by atoms with van der Waals surface area (Å²) in [5.41, 5.74) is 0. The van der Waals surface area contributed by atoms with E-state index < -0.39 is 0 Å². The Hall–Kier alpha value is 0.310. The van der Waals surface area contributed by atoms with E-state index in [1.165, 1.54) is 19.3 Å². The lowest BCUT2D eigenvalue weighted by molar-refractivity contribution is 0.244. The Morgan fingerprint density at radius 3 is 2.75 bits per heavy atom. The maximum atomic E-state index is 5.70. The fourth-order valence-corrected chi connectivity index (χ4v) is 5.03. The molecular weight excluding hydrogens is 168 g/mol. The van der Waals surface area contributed by atoms with Crippen LogP contribution in [0.5, 0.6) is 0 Å². The van der Waals surface area contributed by atoms with Crippen LogP contribution in [0.1, 0.15) is 19.3 Å². The summed E-state index contributed by atoms with van der Waals surface area (Å²) in [6, 6.07) is 0. The molecule has 1 heterocycles. The quantitative estimate of drug-likeness (QED) is 0.400. The normalized spacial score (nSPS) is 71.2. The van der Waals surface area contributed by atoms with Crippen molar-refractivity contribution < 1.29 is 4.74 Å². The van der Waals surface area contributed by atoms with Crippen molar-refractivity contribution in [1.82, 2.24) is 0 Å². The molecule has 2 heteroatoms. The molecule has 12 heavy (non-hydrogen) atoms. The van der Waals surface area contributed by atoms with Crippen molar-refractivity contribution in [1.29, 1.82) is 0 Å². The van der Waals surface area contributed by atoms with E-state index >= 15 is 0 Å². The highest BCUT2D eigenvalue weighted by molar-refractivity contribution is 7.59. The van der Waals surface area contributed by atoms with Crippen molar-refractivity contribution in [3.63, 3.8) is 0 Å². The summed E-state index contributed by atoms with van der Waals surface area (Å²) in [5.74, 6) is 3.91. The molecule has 3 saturated carbocycles. The first kappa shape index (κ1) is 6.72. The molecule has 2 bridgehead atoms. The second-order valence-electron chi connectivity index (χ2n) is 5.05. The largest absolute Gasteiger partial charge is 0.369 e. The third-order valence-electron chi connectivity index (χ3n) is 4.76. The molecule has 7 unspecified atom stereocenters. The predicted octanol–water partition coefficient (Wildman–Crippen LogP) is 0.810. The monoisotopic (exact) mass is 183 g/mol. The van der Waals surface area contributed by atoms with E-state index in [0.717, 1.165) is 28.9 Å². The van der Waals surface area contributed by atoms with Crippen LogP contribution in [0.2, 0.25) is 0 Å². The topological polar surface area (TPSA) is 12.5 Å². The summed E-state index contributed by atoms with van der Waals surface area (Å²) in [7, 11) is 0. The Morgan fingerprint density at radius 1 is 1.00 bits per heavy atom. The predicted molar refractivity (Wildman–Crippen MR) is 50.4 cm³/mol. The van der Waals surface area contributed by atoms with Crippen molar-refractivity contribution in [3.8, 4) is 0 Å². The second kappa shape index (κ2) is 1.88. The van der Waals surface area contributed by atoms with Crippen LogP contribution in [0, 0.1) is 23.7 Å². The van der Waals surface area contributed by atoms with Crippen LogP contribution in [0.4, 0.5) is 0 Å². The Labute approximate surface area is 78.3 Å². The van der Waals surface area contributed by atoms with Crippen LogP contribution in [0.25, 0.3) is 0 Å². The lowest BCUT2D eigenvalue weighted by Gasteiger charge is -2.21. The summed E-state index contributed by atoms with van der Waals surface area (Å²) in [6.45, 7) is 0. The van der Waals surface area contributed by atoms with Gasteiger partial charge in [0.15, 0.2) is 0 Å². The van der Waals surface area contributed by atoms with Gasteiger partial charge in [-0.1, -0.05) is 0 Å². The number of epoxide rings is 1. The molecular formula is C10H15OS+. The first-order chi connectivity index (χ1) is 5.86. The number of hydrogen-bond donors (Lipinski definition) is 0. The summed E-state index contributed by atoms with van der Waals surface area (Å²) in [6.07, 6.45) is 5.79. The Balaban J connectivity index is 1.76. The van der Waals surface area contributed by atoms with Gasteiger partial charge in [0.1, 0.15) is 5.25 Å². The fraction of sp³-hybridized carbons (Fsp3) is 1.00. The van der Waals surface area contributed by atoms with Crippen LogP contribution >= 0.6 is 0 Å². The Morgan fingerprint density at radius 2 is 1.83 bits per heavy atom. The Kier molecular flexibility index (Phi) is 1.05. The zero-order valence-corrected chi connectivity index (χ0v) is 8.07. The molecule has 1 aliphatic heterocycles. The average Bonchev–Trinajstić information content (AvgIpc) is 2.50. The van der Waals surface area contributed by atoms with Crippen molar-refractivity contribution in [2.24, 2.45) is 23.7 Å². The molecule has 0 radical (unpaired) electrons. The highest BCUT2D eigenvalue weighted by atomic mass is 32.1. The molecule has 4 rings (SSSR count). The van der Waals surface area contributed by atoms with Crippen LogP contribution in [-0.2, 0) is 17.4 Å². The second-order valence-corrected chi connectivity index (χ2v) is 5.80. The molecule has 0 amide bonds. The third kappa shape index (κ3) is 0.578. The van der Waals surface area contributed by atoms with Gasteiger partial charge in [-0.25, -0.2) is 0 Å². The van der Waals surface area contributed by atoms with E-state index in [9.17, 15) is 0 Å². The number of rotatable bonds is 0. The molecule has 0 aromatic heterocycles. The van der Waals surface area contributed by atoms with Crippen LogP contribution < -0.4 is 0 Å². The summed E-state index contributed by atoms with van der Waals surface area (Å²) in [5, 5.41) is 0.815. The maximum absolute atomic E-state index is 5.70. The van der Waals surface area contributed by atoms with Gasteiger partial charge in [0.05, 0.1) is 12.2 Å². The third-order valence-corrected chi connectivity index (χ3v) is 5.44. The zero-order chi connectivity index (χ0) is 7.87. The van der Waals surface area contributed by atoms with E-state index in [4.69, 9.17) is 4.74 Å². The fourth-order valence-electron chi connectivity index (χ4n) is 4.37. The molecule has 1 nitrogen and oxygen atoms in total. The molecule has 0 spiro atoms. The first-order valence-corrected chi connectivity index (χ1v) is 5.80. The smallest absolute Gasteiger partial charge is 0.117 e. The zero-order valence-electron chi connectivity index (χ0n) is 7.07. The van der Waals surface area contributed by atoms with E-state index in [2.05, 4.69) is 12.6 Å². The van der Waals surface area contributed by atoms with Crippen molar-refractivity contribution >= 4 is 12.6 Å². The first-order valence-electron chi connectivity index (χ1n) is 5.23. The lowest BCUT2D eigenvalue weighted by Crippen LogP contribution is -2.28. The number of hydrogen-bond acceptors (Lipinski definition) is 1. The minimum atomic E-state index is 0.702. The van der Waals surface area contributed by atoms with E-state index in [1.807, 2.05) is 0 Å². The SMILES string of the molecule is [SH2+]C1CCC2C3CC(C4OC34)C12. The van der Waals surface area contributed by atoms with Gasteiger partial charge in [-0.15, -0.1) is 0 Å². The van der Waals surface area contributed by atoms with Gasteiger partial charge in [-0.05, 0) is 49.6 Å². The lowest BCUT2D eigenvalue weighted by atomic mass is 9.82. The highest BCUT2D eigenvalue weighted by Crippen LogP contribution is 2.65. The standard InChI is InChI=1S/C10H14OS/c12-7-2-1-4-5-3-6(8(4)7)10-9(5)11-10/h4-10,12H,1-3H2/p+1. The minimum Gasteiger partial charge on any atom is -0.369 e. The Bertz CT molecular complexity index is 240. The molecule has 0 aromatic carbocycles. The van der Waals surface area contributed by atoms with Crippen LogP contribution in [-0.4, -0.2) is 17.5 Å². The molecule has 1 saturated heterocycles. The van der Waals surface area contributed by atoms with Crippen LogP contribution in [0.15, 0.2) is 0 Å². The van der Waals surface area contributed by atoms with Gasteiger partial charge in [-0.2, -0.15) is 0 Å². The van der Waals surface area contributed by atoms with Gasteiger partial charge in [0, 0.05) is 5.92 Å².